The lowest BCUT2D eigenvalue weighted by Crippen LogP contribution is -1.98. The molecule has 0 aliphatic rings. The van der Waals surface area contributed by atoms with E-state index in [0.717, 1.165) is 5.69 Å². The van der Waals surface area contributed by atoms with Gasteiger partial charge in [-0.2, -0.15) is 0 Å². The van der Waals surface area contributed by atoms with Crippen LogP contribution >= 0.6 is 0 Å². The Morgan fingerprint density at radius 2 is 1.90 bits per heavy atom. The van der Waals surface area contributed by atoms with Crippen LogP contribution in [0.4, 0.5) is 5.69 Å². The molecular weight excluding hydrogens is 130 g/mol. The molecule has 0 radical (unpaired) electrons. The Hall–Kier alpha value is -1.06. The van der Waals surface area contributed by atoms with Gasteiger partial charge in [-0.1, -0.05) is 18.2 Å². The summed E-state index contributed by atoms with van der Waals surface area (Å²) in [6, 6.07) is 9.48. The molecule has 1 N–H and O–H groups in total. The summed E-state index contributed by atoms with van der Waals surface area (Å²) in [4.78, 5) is 8.80. The van der Waals surface area contributed by atoms with Gasteiger partial charge in [-0.3, -0.25) is 0 Å². The lowest BCUT2D eigenvalue weighted by atomic mass is 10.3. The van der Waals surface area contributed by atoms with E-state index in [1.54, 1.807) is 0 Å². The van der Waals surface area contributed by atoms with E-state index in [2.05, 4.69) is 15.4 Å². The highest BCUT2D eigenvalue weighted by atomic mass is 17.3. The Morgan fingerprint density at radius 3 is 2.50 bits per heavy atom. The Labute approximate surface area is 59.5 Å². The van der Waals surface area contributed by atoms with Crippen LogP contribution in [0.15, 0.2) is 30.3 Å². The van der Waals surface area contributed by atoms with Crippen LogP contribution in [0, 0.1) is 0 Å². The molecule has 0 fully saturated rings. The minimum Gasteiger partial charge on any atom is -0.235 e. The van der Waals surface area contributed by atoms with Crippen molar-refractivity contribution in [3.63, 3.8) is 0 Å². The Bertz CT molecular complexity index is 176. The molecule has 3 nitrogen and oxygen atoms in total. The van der Waals surface area contributed by atoms with Gasteiger partial charge in [0.05, 0.1) is 12.8 Å². The second kappa shape index (κ2) is 3.87. The second-order valence-electron chi connectivity index (χ2n) is 1.72. The van der Waals surface area contributed by atoms with Crippen molar-refractivity contribution in [2.75, 3.05) is 12.6 Å². The van der Waals surface area contributed by atoms with Gasteiger partial charge in [-0.15, -0.1) is 4.99 Å². The van der Waals surface area contributed by atoms with Gasteiger partial charge in [0.2, 0.25) is 0 Å². The number of anilines is 1. The average molecular weight is 139 g/mol. The molecule has 0 aliphatic carbocycles. The number of hydrogen-bond donors (Lipinski definition) is 1. The molecule has 0 amide bonds. The lowest BCUT2D eigenvalue weighted by Gasteiger charge is -2.00. The van der Waals surface area contributed by atoms with E-state index in [9.17, 15) is 0 Å². The minimum absolute atomic E-state index is 0.865. The number of para-hydroxylation sites is 1. The van der Waals surface area contributed by atoms with Crippen LogP contribution in [-0.4, -0.2) is 7.11 Å². The van der Waals surface area contributed by atoms with Crippen molar-refractivity contribution >= 4 is 5.69 Å². The molecule has 0 heterocycles. The summed E-state index contributed by atoms with van der Waals surface area (Å²) in [7, 11) is 1.44. The molecule has 0 saturated heterocycles. The first-order valence-corrected chi connectivity index (χ1v) is 2.94. The van der Waals surface area contributed by atoms with Crippen molar-refractivity contribution < 1.29 is 9.88 Å². The number of hydrogen-bond acceptors (Lipinski definition) is 3. The Morgan fingerprint density at radius 1 is 1.20 bits per heavy atom. The van der Waals surface area contributed by atoms with E-state index in [1.165, 1.54) is 7.11 Å². The quantitative estimate of drug-likeness (QED) is 0.509. The third-order valence-electron chi connectivity index (χ3n) is 1.02. The number of rotatable bonds is 3. The number of benzene rings is 1. The van der Waals surface area contributed by atoms with Gasteiger partial charge in [0.1, 0.15) is 0 Å². The van der Waals surface area contributed by atoms with E-state index in [1.807, 2.05) is 30.3 Å². The fourth-order valence-electron chi connectivity index (χ4n) is 0.596. The van der Waals surface area contributed by atoms with Crippen molar-refractivity contribution in [2.45, 2.75) is 0 Å². The van der Waals surface area contributed by atoms with E-state index in [4.69, 9.17) is 0 Å². The second-order valence-corrected chi connectivity index (χ2v) is 1.72. The standard InChI is InChI=1S/C7H9NO2/c1-9-10-8-7-5-3-2-4-6-7/h2-6,8H,1H3. The topological polar surface area (TPSA) is 30.5 Å². The van der Waals surface area contributed by atoms with E-state index in [-0.39, 0.29) is 0 Å². The van der Waals surface area contributed by atoms with Crippen molar-refractivity contribution in [3.8, 4) is 0 Å². The maximum absolute atomic E-state index is 4.47. The van der Waals surface area contributed by atoms with Crippen molar-refractivity contribution in [2.24, 2.45) is 0 Å². The third-order valence-corrected chi connectivity index (χ3v) is 1.02. The van der Waals surface area contributed by atoms with Gasteiger partial charge in [0.25, 0.3) is 0 Å². The lowest BCUT2D eigenvalue weighted by molar-refractivity contribution is -0.248. The molecule has 0 aromatic heterocycles. The van der Waals surface area contributed by atoms with Gasteiger partial charge in [-0.25, -0.2) is 10.4 Å². The zero-order chi connectivity index (χ0) is 7.23. The summed E-state index contributed by atoms with van der Waals surface area (Å²) in [5, 5.41) is 0. The molecule has 0 atom stereocenters. The predicted octanol–water partition coefficient (Wildman–Crippen LogP) is 1.59. The fourth-order valence-corrected chi connectivity index (χ4v) is 0.596. The van der Waals surface area contributed by atoms with Crippen molar-refractivity contribution in [1.29, 1.82) is 0 Å². The Kier molecular flexibility index (Phi) is 2.73. The zero-order valence-electron chi connectivity index (χ0n) is 5.70. The molecule has 0 spiro atoms. The molecule has 0 aliphatic heterocycles. The van der Waals surface area contributed by atoms with E-state index < -0.39 is 0 Å². The van der Waals surface area contributed by atoms with Crippen LogP contribution in [0.5, 0.6) is 0 Å². The predicted molar refractivity (Wildman–Crippen MR) is 38.2 cm³/mol. The molecular formula is C7H9NO2. The molecule has 1 aromatic rings. The molecule has 0 unspecified atom stereocenters. The first kappa shape index (κ1) is 7.05. The third kappa shape index (κ3) is 2.05. The normalized spacial score (nSPS) is 9.30. The van der Waals surface area contributed by atoms with E-state index >= 15 is 0 Å². The molecule has 3 heteroatoms. The van der Waals surface area contributed by atoms with Crippen molar-refractivity contribution in [1.82, 2.24) is 0 Å². The van der Waals surface area contributed by atoms with Crippen LogP contribution < -0.4 is 5.48 Å². The first-order chi connectivity index (χ1) is 4.93. The summed E-state index contributed by atoms with van der Waals surface area (Å²) >= 11 is 0. The highest BCUT2D eigenvalue weighted by Gasteiger charge is 1.85. The van der Waals surface area contributed by atoms with Gasteiger partial charge in [0, 0.05) is 0 Å². The summed E-state index contributed by atoms with van der Waals surface area (Å²) in [6.45, 7) is 0. The van der Waals surface area contributed by atoms with Gasteiger partial charge in [0.15, 0.2) is 0 Å². The van der Waals surface area contributed by atoms with Gasteiger partial charge < -0.3 is 0 Å². The minimum atomic E-state index is 0.865. The highest BCUT2D eigenvalue weighted by Crippen LogP contribution is 2.03. The molecule has 1 rings (SSSR count). The molecule has 0 saturated carbocycles. The van der Waals surface area contributed by atoms with Crippen LogP contribution in [0.3, 0.4) is 0 Å². The van der Waals surface area contributed by atoms with Crippen molar-refractivity contribution in [3.05, 3.63) is 30.3 Å². The summed E-state index contributed by atoms with van der Waals surface area (Å²) in [5.41, 5.74) is 3.44. The maximum Gasteiger partial charge on any atom is 0.0738 e. The van der Waals surface area contributed by atoms with Gasteiger partial charge in [-0.05, 0) is 12.1 Å². The monoisotopic (exact) mass is 139 g/mol. The highest BCUT2D eigenvalue weighted by molar-refractivity contribution is 5.39. The SMILES string of the molecule is COONc1ccccc1. The largest absolute Gasteiger partial charge is 0.235 e. The summed E-state index contributed by atoms with van der Waals surface area (Å²) in [6.07, 6.45) is 0. The van der Waals surface area contributed by atoms with Crippen LogP contribution in [-0.2, 0) is 9.88 Å². The summed E-state index contributed by atoms with van der Waals surface area (Å²) < 4.78 is 0. The summed E-state index contributed by atoms with van der Waals surface area (Å²) in [5.74, 6) is 0. The molecule has 54 valence electrons. The molecule has 10 heavy (non-hydrogen) atoms. The molecule has 1 aromatic carbocycles. The first-order valence-electron chi connectivity index (χ1n) is 2.94. The van der Waals surface area contributed by atoms with Crippen LogP contribution in [0.1, 0.15) is 0 Å². The smallest absolute Gasteiger partial charge is 0.0738 e. The van der Waals surface area contributed by atoms with Gasteiger partial charge >= 0.3 is 0 Å². The zero-order valence-corrected chi connectivity index (χ0v) is 5.70. The van der Waals surface area contributed by atoms with Crippen LogP contribution in [0.2, 0.25) is 0 Å². The molecule has 0 bridgehead atoms. The fraction of sp³-hybridized carbons (Fsp3) is 0.143. The van der Waals surface area contributed by atoms with E-state index in [0.29, 0.717) is 0 Å². The van der Waals surface area contributed by atoms with Crippen LogP contribution in [0.25, 0.3) is 0 Å². The maximum atomic E-state index is 4.47. The number of nitrogens with one attached hydrogen (secondary N) is 1. The average Bonchev–Trinajstić information content (AvgIpc) is 2.03. The Balaban J connectivity index is 2.43.